The van der Waals surface area contributed by atoms with Crippen LogP contribution >= 0.6 is 11.6 Å². The number of imidazole rings is 1. The minimum absolute atomic E-state index is 0.233. The lowest BCUT2D eigenvalue weighted by Gasteiger charge is -2.15. The van der Waals surface area contributed by atoms with E-state index in [0.717, 1.165) is 53.0 Å². The Morgan fingerprint density at radius 2 is 1.83 bits per heavy atom. The molecule has 0 aliphatic heterocycles. The normalized spacial score (nSPS) is 13.9. The number of aryl methyl sites for hydroxylation is 1. The molecular weight excluding hydrogens is 385 g/mol. The molecule has 29 heavy (non-hydrogen) atoms. The molecule has 1 aromatic heterocycles. The van der Waals surface area contributed by atoms with Crippen LogP contribution in [-0.2, 0) is 13.0 Å². The van der Waals surface area contributed by atoms with Crippen LogP contribution in [0, 0.1) is 11.7 Å². The van der Waals surface area contributed by atoms with Gasteiger partial charge in [-0.25, -0.2) is 9.37 Å². The lowest BCUT2D eigenvalue weighted by atomic mass is 10.2. The molecule has 0 unspecified atom stereocenters. The zero-order chi connectivity index (χ0) is 20.2. The van der Waals surface area contributed by atoms with Crippen molar-refractivity contribution in [3.63, 3.8) is 0 Å². The van der Waals surface area contributed by atoms with Gasteiger partial charge >= 0.3 is 0 Å². The molecule has 3 aromatic rings. The number of aromatic nitrogens is 2. The van der Waals surface area contributed by atoms with Crippen molar-refractivity contribution in [1.29, 1.82) is 0 Å². The van der Waals surface area contributed by atoms with Gasteiger partial charge in [0.05, 0.1) is 5.69 Å². The second-order valence-corrected chi connectivity index (χ2v) is 8.56. The van der Waals surface area contributed by atoms with Gasteiger partial charge in [-0.05, 0) is 87.2 Å². The molecule has 3 nitrogen and oxygen atoms in total. The molecule has 4 rings (SSSR count). The maximum absolute atomic E-state index is 13.4. The van der Waals surface area contributed by atoms with Crippen LogP contribution in [0.3, 0.4) is 0 Å². The summed E-state index contributed by atoms with van der Waals surface area (Å²) >= 11 is 6.02. The molecule has 1 heterocycles. The van der Waals surface area contributed by atoms with Gasteiger partial charge in [0.1, 0.15) is 11.6 Å². The van der Waals surface area contributed by atoms with Crippen LogP contribution in [0.1, 0.15) is 30.5 Å². The Labute approximate surface area is 177 Å². The number of hydrogen-bond acceptors (Lipinski definition) is 2. The Morgan fingerprint density at radius 3 is 2.52 bits per heavy atom. The fourth-order valence-electron chi connectivity index (χ4n) is 3.69. The van der Waals surface area contributed by atoms with Crippen LogP contribution < -0.4 is 0 Å². The van der Waals surface area contributed by atoms with E-state index in [1.807, 2.05) is 24.3 Å². The average molecular weight is 412 g/mol. The minimum atomic E-state index is -0.233. The summed E-state index contributed by atoms with van der Waals surface area (Å²) in [7, 11) is 2.21. The summed E-state index contributed by atoms with van der Waals surface area (Å²) in [6.07, 6.45) is 6.94. The molecule has 1 aliphatic rings. The Hall–Kier alpha value is -2.17. The molecule has 0 N–H and O–H groups in total. The molecular formula is C24H27ClFN3. The van der Waals surface area contributed by atoms with E-state index in [2.05, 4.69) is 22.7 Å². The van der Waals surface area contributed by atoms with E-state index in [-0.39, 0.29) is 5.82 Å². The molecule has 2 aromatic carbocycles. The Bertz CT molecular complexity index is 930. The Balaban J connectivity index is 1.49. The Morgan fingerprint density at radius 1 is 1.10 bits per heavy atom. The smallest absolute Gasteiger partial charge is 0.140 e. The first-order valence-electron chi connectivity index (χ1n) is 10.3. The standard InChI is InChI=1S/C24H27ClFN3/c1-28(15-18-4-5-18)14-2-3-23-17-29(16-19-6-10-21(25)11-7-19)24(27-23)20-8-12-22(26)13-9-20/h6-13,17-18H,2-5,14-16H2,1H3. The van der Waals surface area contributed by atoms with Crippen LogP contribution in [0.5, 0.6) is 0 Å². The van der Waals surface area contributed by atoms with Gasteiger partial charge in [0.2, 0.25) is 0 Å². The van der Waals surface area contributed by atoms with E-state index >= 15 is 0 Å². The van der Waals surface area contributed by atoms with E-state index in [1.54, 1.807) is 12.1 Å². The van der Waals surface area contributed by atoms with E-state index < -0.39 is 0 Å². The van der Waals surface area contributed by atoms with Crippen molar-refractivity contribution in [2.24, 2.45) is 5.92 Å². The quantitative estimate of drug-likeness (QED) is 0.452. The molecule has 0 bridgehead atoms. The first-order chi connectivity index (χ1) is 14.1. The summed E-state index contributed by atoms with van der Waals surface area (Å²) in [5.41, 5.74) is 3.17. The van der Waals surface area contributed by atoms with Crippen molar-refractivity contribution in [3.8, 4) is 11.4 Å². The molecule has 0 radical (unpaired) electrons. The minimum Gasteiger partial charge on any atom is -0.326 e. The topological polar surface area (TPSA) is 21.1 Å². The zero-order valence-electron chi connectivity index (χ0n) is 16.8. The summed E-state index contributed by atoms with van der Waals surface area (Å²) in [4.78, 5) is 7.32. The summed E-state index contributed by atoms with van der Waals surface area (Å²) in [6.45, 7) is 3.01. The number of nitrogens with zero attached hydrogens (tertiary/aromatic N) is 3. The SMILES string of the molecule is CN(CCCc1cn(Cc2ccc(Cl)cc2)c(-c2ccc(F)cc2)n1)CC1CC1. The maximum Gasteiger partial charge on any atom is 0.140 e. The monoisotopic (exact) mass is 411 g/mol. The van der Waals surface area contributed by atoms with Crippen molar-refractivity contribution in [3.05, 3.63) is 76.8 Å². The van der Waals surface area contributed by atoms with Gasteiger partial charge in [-0.3, -0.25) is 0 Å². The van der Waals surface area contributed by atoms with Crippen molar-refractivity contribution in [1.82, 2.24) is 14.5 Å². The highest BCUT2D eigenvalue weighted by Crippen LogP contribution is 2.29. The summed E-state index contributed by atoms with van der Waals surface area (Å²) in [6, 6.07) is 14.4. The number of halogens is 2. The highest BCUT2D eigenvalue weighted by atomic mass is 35.5. The van der Waals surface area contributed by atoms with E-state index in [9.17, 15) is 4.39 Å². The van der Waals surface area contributed by atoms with Crippen molar-refractivity contribution < 1.29 is 4.39 Å². The lowest BCUT2D eigenvalue weighted by molar-refractivity contribution is 0.316. The van der Waals surface area contributed by atoms with Crippen molar-refractivity contribution in [2.75, 3.05) is 20.1 Å². The second-order valence-electron chi connectivity index (χ2n) is 8.13. The molecule has 0 spiro atoms. The summed E-state index contributed by atoms with van der Waals surface area (Å²) in [5, 5.41) is 0.731. The summed E-state index contributed by atoms with van der Waals surface area (Å²) < 4.78 is 15.5. The van der Waals surface area contributed by atoms with E-state index in [1.165, 1.54) is 31.5 Å². The highest BCUT2D eigenvalue weighted by molar-refractivity contribution is 6.30. The van der Waals surface area contributed by atoms with Crippen LogP contribution in [-0.4, -0.2) is 34.6 Å². The summed E-state index contributed by atoms with van der Waals surface area (Å²) in [5.74, 6) is 1.56. The Kier molecular flexibility index (Phi) is 6.31. The zero-order valence-corrected chi connectivity index (χ0v) is 17.6. The molecule has 0 saturated heterocycles. The van der Waals surface area contributed by atoms with E-state index in [4.69, 9.17) is 16.6 Å². The van der Waals surface area contributed by atoms with Gasteiger partial charge in [0.25, 0.3) is 0 Å². The van der Waals surface area contributed by atoms with Crippen LogP contribution in [0.25, 0.3) is 11.4 Å². The predicted octanol–water partition coefficient (Wildman–Crippen LogP) is 5.67. The third-order valence-electron chi connectivity index (χ3n) is 5.43. The average Bonchev–Trinajstić information content (AvgIpc) is 3.43. The first-order valence-corrected chi connectivity index (χ1v) is 10.7. The molecule has 1 aliphatic carbocycles. The van der Waals surface area contributed by atoms with Gasteiger partial charge < -0.3 is 9.47 Å². The second kappa shape index (κ2) is 9.10. The van der Waals surface area contributed by atoms with Crippen molar-refractivity contribution in [2.45, 2.75) is 32.2 Å². The molecule has 0 amide bonds. The van der Waals surface area contributed by atoms with Crippen LogP contribution in [0.15, 0.2) is 54.7 Å². The van der Waals surface area contributed by atoms with Crippen LogP contribution in [0.2, 0.25) is 5.02 Å². The lowest BCUT2D eigenvalue weighted by Crippen LogP contribution is -2.22. The molecule has 5 heteroatoms. The molecule has 1 saturated carbocycles. The number of benzene rings is 2. The maximum atomic E-state index is 13.4. The molecule has 152 valence electrons. The van der Waals surface area contributed by atoms with Gasteiger partial charge in [0.15, 0.2) is 0 Å². The van der Waals surface area contributed by atoms with Gasteiger partial charge in [-0.2, -0.15) is 0 Å². The third kappa shape index (κ3) is 5.68. The number of rotatable bonds is 9. The number of hydrogen-bond donors (Lipinski definition) is 0. The first kappa shape index (κ1) is 20.1. The third-order valence-corrected chi connectivity index (χ3v) is 5.69. The van der Waals surface area contributed by atoms with Gasteiger partial charge in [-0.15, -0.1) is 0 Å². The predicted molar refractivity (Wildman–Crippen MR) is 117 cm³/mol. The van der Waals surface area contributed by atoms with Crippen LogP contribution in [0.4, 0.5) is 4.39 Å². The fourth-order valence-corrected chi connectivity index (χ4v) is 3.82. The molecule has 1 fully saturated rings. The highest BCUT2D eigenvalue weighted by Gasteiger charge is 2.22. The largest absolute Gasteiger partial charge is 0.326 e. The fraction of sp³-hybridized carbons (Fsp3) is 0.375. The van der Waals surface area contributed by atoms with Crippen molar-refractivity contribution >= 4 is 11.6 Å². The molecule has 0 atom stereocenters. The van der Waals surface area contributed by atoms with Gasteiger partial charge in [-0.1, -0.05) is 23.7 Å². The van der Waals surface area contributed by atoms with Gasteiger partial charge in [0, 0.05) is 29.9 Å². The van der Waals surface area contributed by atoms with E-state index in [0.29, 0.717) is 6.54 Å².